The minimum atomic E-state index is -0.283. The van der Waals surface area contributed by atoms with Gasteiger partial charge in [0.05, 0.1) is 5.54 Å². The molecule has 2 aromatic rings. The molecule has 0 aliphatic rings. The molecule has 0 saturated heterocycles. The standard InChI is InChI=1S/C15H16N2/c1-4-15(2,3)17-11-13-7-5-6-12-10-16-9-8-14(12)13/h1,5-10,17H,11H2,2-3H3. The molecule has 0 atom stereocenters. The number of hydrogen-bond acceptors (Lipinski definition) is 2. The topological polar surface area (TPSA) is 24.9 Å². The van der Waals surface area contributed by atoms with Gasteiger partial charge in [-0.1, -0.05) is 24.1 Å². The first-order chi connectivity index (χ1) is 8.12. The molecule has 2 heteroatoms. The fourth-order valence-electron chi connectivity index (χ4n) is 1.71. The summed E-state index contributed by atoms with van der Waals surface area (Å²) < 4.78 is 0. The zero-order chi connectivity index (χ0) is 12.3. The quantitative estimate of drug-likeness (QED) is 0.811. The summed E-state index contributed by atoms with van der Waals surface area (Å²) in [4.78, 5) is 4.13. The van der Waals surface area contributed by atoms with Crippen molar-refractivity contribution in [2.45, 2.75) is 25.9 Å². The molecule has 1 aromatic carbocycles. The highest BCUT2D eigenvalue weighted by Gasteiger charge is 2.12. The van der Waals surface area contributed by atoms with Crippen molar-refractivity contribution in [2.75, 3.05) is 0 Å². The Kier molecular flexibility index (Phi) is 3.12. The monoisotopic (exact) mass is 224 g/mol. The maximum Gasteiger partial charge on any atom is 0.0743 e. The number of nitrogens with one attached hydrogen (secondary N) is 1. The van der Waals surface area contributed by atoms with Crippen LogP contribution >= 0.6 is 0 Å². The van der Waals surface area contributed by atoms with E-state index in [4.69, 9.17) is 6.42 Å². The third-order valence-electron chi connectivity index (χ3n) is 2.85. The molecule has 0 amide bonds. The molecule has 0 saturated carbocycles. The van der Waals surface area contributed by atoms with E-state index < -0.39 is 0 Å². The van der Waals surface area contributed by atoms with Crippen LogP contribution in [-0.4, -0.2) is 10.5 Å². The first-order valence-corrected chi connectivity index (χ1v) is 5.67. The normalized spacial score (nSPS) is 11.4. The summed E-state index contributed by atoms with van der Waals surface area (Å²) in [5.41, 5.74) is 0.961. The Morgan fingerprint density at radius 2 is 2.18 bits per heavy atom. The van der Waals surface area contributed by atoms with Crippen LogP contribution in [0.4, 0.5) is 0 Å². The SMILES string of the molecule is C#CC(C)(C)NCc1cccc2cnccc12. The molecular weight excluding hydrogens is 208 g/mol. The second kappa shape index (κ2) is 4.57. The van der Waals surface area contributed by atoms with Crippen LogP contribution in [0.15, 0.2) is 36.7 Å². The molecule has 1 heterocycles. The molecule has 0 unspecified atom stereocenters. The van der Waals surface area contributed by atoms with Gasteiger partial charge in [0.2, 0.25) is 0 Å². The number of nitrogens with zero attached hydrogens (tertiary/aromatic N) is 1. The fourth-order valence-corrected chi connectivity index (χ4v) is 1.71. The maximum absolute atomic E-state index is 5.46. The van der Waals surface area contributed by atoms with Crippen LogP contribution < -0.4 is 5.32 Å². The van der Waals surface area contributed by atoms with Crippen LogP contribution in [0.3, 0.4) is 0 Å². The molecule has 86 valence electrons. The Bertz CT molecular complexity index is 559. The first-order valence-electron chi connectivity index (χ1n) is 5.67. The Hall–Kier alpha value is -1.85. The van der Waals surface area contributed by atoms with Crippen LogP contribution in [0, 0.1) is 12.3 Å². The van der Waals surface area contributed by atoms with E-state index in [2.05, 4.69) is 28.4 Å². The highest BCUT2D eigenvalue weighted by molar-refractivity contribution is 5.84. The Labute approximate surface area is 102 Å². The molecule has 0 fully saturated rings. The van der Waals surface area contributed by atoms with E-state index in [0.29, 0.717) is 0 Å². The number of terminal acetylenes is 1. The Morgan fingerprint density at radius 1 is 1.35 bits per heavy atom. The van der Waals surface area contributed by atoms with Gasteiger partial charge in [0.25, 0.3) is 0 Å². The number of rotatable bonds is 3. The summed E-state index contributed by atoms with van der Waals surface area (Å²) >= 11 is 0. The minimum Gasteiger partial charge on any atom is -0.297 e. The highest BCUT2D eigenvalue weighted by atomic mass is 14.9. The summed E-state index contributed by atoms with van der Waals surface area (Å²) in [6.45, 7) is 4.76. The van der Waals surface area contributed by atoms with Gasteiger partial charge >= 0.3 is 0 Å². The molecule has 1 N–H and O–H groups in total. The second-order valence-corrected chi connectivity index (χ2v) is 4.64. The molecule has 2 nitrogen and oxygen atoms in total. The van der Waals surface area contributed by atoms with Crippen LogP contribution in [-0.2, 0) is 6.54 Å². The van der Waals surface area contributed by atoms with E-state index in [-0.39, 0.29) is 5.54 Å². The van der Waals surface area contributed by atoms with Crippen molar-refractivity contribution in [3.63, 3.8) is 0 Å². The predicted octanol–water partition coefficient (Wildman–Crippen LogP) is 2.74. The van der Waals surface area contributed by atoms with E-state index in [1.807, 2.05) is 38.4 Å². The van der Waals surface area contributed by atoms with Crippen molar-refractivity contribution in [1.29, 1.82) is 0 Å². The number of fused-ring (bicyclic) bond motifs is 1. The fraction of sp³-hybridized carbons (Fsp3) is 0.267. The summed E-state index contributed by atoms with van der Waals surface area (Å²) in [5, 5.41) is 5.74. The molecule has 0 bridgehead atoms. The van der Waals surface area contributed by atoms with Gasteiger partial charge in [0.15, 0.2) is 0 Å². The van der Waals surface area contributed by atoms with Gasteiger partial charge in [-0.3, -0.25) is 10.3 Å². The molecule has 2 rings (SSSR count). The third kappa shape index (κ3) is 2.64. The average molecular weight is 224 g/mol. The summed E-state index contributed by atoms with van der Waals surface area (Å²) in [5.74, 6) is 2.74. The number of pyridine rings is 1. The minimum absolute atomic E-state index is 0.283. The van der Waals surface area contributed by atoms with E-state index in [1.165, 1.54) is 10.9 Å². The lowest BCUT2D eigenvalue weighted by Gasteiger charge is -2.20. The lowest BCUT2D eigenvalue weighted by atomic mass is 10.0. The summed E-state index contributed by atoms with van der Waals surface area (Å²) in [6.07, 6.45) is 9.16. The van der Waals surface area contributed by atoms with Gasteiger partial charge in [-0.05, 0) is 30.9 Å². The largest absolute Gasteiger partial charge is 0.297 e. The smallest absolute Gasteiger partial charge is 0.0743 e. The zero-order valence-electron chi connectivity index (χ0n) is 10.2. The third-order valence-corrected chi connectivity index (χ3v) is 2.85. The highest BCUT2D eigenvalue weighted by Crippen LogP contribution is 2.17. The van der Waals surface area contributed by atoms with Crippen molar-refractivity contribution < 1.29 is 0 Å². The molecule has 1 aromatic heterocycles. The van der Waals surface area contributed by atoms with Crippen molar-refractivity contribution in [1.82, 2.24) is 10.3 Å². The Morgan fingerprint density at radius 3 is 2.94 bits per heavy atom. The van der Waals surface area contributed by atoms with E-state index in [9.17, 15) is 0 Å². The zero-order valence-corrected chi connectivity index (χ0v) is 10.2. The number of benzene rings is 1. The second-order valence-electron chi connectivity index (χ2n) is 4.64. The number of aromatic nitrogens is 1. The first kappa shape index (κ1) is 11.6. The Balaban J connectivity index is 2.28. The van der Waals surface area contributed by atoms with Crippen LogP contribution in [0.5, 0.6) is 0 Å². The molecular formula is C15H16N2. The molecule has 0 aliphatic carbocycles. The number of hydrogen-bond donors (Lipinski definition) is 1. The van der Waals surface area contributed by atoms with E-state index in [1.54, 1.807) is 0 Å². The lowest BCUT2D eigenvalue weighted by molar-refractivity contribution is 0.492. The van der Waals surface area contributed by atoms with Gasteiger partial charge in [-0.15, -0.1) is 6.42 Å². The lowest BCUT2D eigenvalue weighted by Crippen LogP contribution is -2.36. The van der Waals surface area contributed by atoms with Gasteiger partial charge < -0.3 is 0 Å². The van der Waals surface area contributed by atoms with Crippen molar-refractivity contribution in [2.24, 2.45) is 0 Å². The van der Waals surface area contributed by atoms with Gasteiger partial charge in [-0.2, -0.15) is 0 Å². The van der Waals surface area contributed by atoms with Crippen LogP contribution in [0.25, 0.3) is 10.8 Å². The predicted molar refractivity (Wildman–Crippen MR) is 71.5 cm³/mol. The summed E-state index contributed by atoms with van der Waals surface area (Å²) in [7, 11) is 0. The molecule has 0 radical (unpaired) electrons. The van der Waals surface area contributed by atoms with E-state index >= 15 is 0 Å². The van der Waals surface area contributed by atoms with Gasteiger partial charge in [0, 0.05) is 24.3 Å². The van der Waals surface area contributed by atoms with E-state index in [0.717, 1.165) is 11.9 Å². The van der Waals surface area contributed by atoms with Crippen molar-refractivity contribution in [3.8, 4) is 12.3 Å². The van der Waals surface area contributed by atoms with Gasteiger partial charge in [-0.25, -0.2) is 0 Å². The van der Waals surface area contributed by atoms with Gasteiger partial charge in [0.1, 0.15) is 0 Å². The van der Waals surface area contributed by atoms with Crippen LogP contribution in [0.2, 0.25) is 0 Å². The molecule has 0 spiro atoms. The van der Waals surface area contributed by atoms with Crippen LogP contribution in [0.1, 0.15) is 19.4 Å². The maximum atomic E-state index is 5.46. The summed E-state index contributed by atoms with van der Waals surface area (Å²) in [6, 6.07) is 8.26. The molecule has 0 aliphatic heterocycles. The molecule has 17 heavy (non-hydrogen) atoms. The van der Waals surface area contributed by atoms with Crippen molar-refractivity contribution >= 4 is 10.8 Å². The average Bonchev–Trinajstić information content (AvgIpc) is 2.36. The van der Waals surface area contributed by atoms with Crippen molar-refractivity contribution in [3.05, 3.63) is 42.2 Å².